The van der Waals surface area contributed by atoms with Gasteiger partial charge < -0.3 is 10.1 Å². The van der Waals surface area contributed by atoms with Gasteiger partial charge in [0.2, 0.25) is 0 Å². The highest BCUT2D eigenvalue weighted by molar-refractivity contribution is 8.00. The summed E-state index contributed by atoms with van der Waals surface area (Å²) < 4.78 is 41.4. The highest BCUT2D eigenvalue weighted by atomic mass is 32.2. The molecule has 0 bridgehead atoms. The molecule has 1 N–H and O–H groups in total. The topological polar surface area (TPSA) is 55.4 Å². The van der Waals surface area contributed by atoms with E-state index < -0.39 is 24.0 Å². The summed E-state index contributed by atoms with van der Waals surface area (Å²) in [4.78, 5) is 23.3. The molecule has 0 aliphatic heterocycles. The van der Waals surface area contributed by atoms with E-state index in [1.165, 1.54) is 24.3 Å². The van der Waals surface area contributed by atoms with Crippen LogP contribution in [0.25, 0.3) is 0 Å². The molecule has 0 spiro atoms. The van der Waals surface area contributed by atoms with Crippen molar-refractivity contribution in [1.82, 2.24) is 5.32 Å². The first-order chi connectivity index (χ1) is 10.6. The number of thioether (sulfide) groups is 1. The Kier molecular flexibility index (Phi) is 6.93. The molecule has 0 fully saturated rings. The van der Waals surface area contributed by atoms with Gasteiger partial charge in [0.1, 0.15) is 0 Å². The first-order valence-electron chi connectivity index (χ1n) is 6.91. The number of nitrogens with one attached hydrogen (secondary N) is 1. The number of carbonyl (C=O) groups excluding carboxylic acids is 2. The fourth-order valence-electron chi connectivity index (χ4n) is 1.47. The van der Waals surface area contributed by atoms with E-state index in [1.54, 1.807) is 0 Å². The smallest absolute Gasteiger partial charge is 0.446 e. The molecule has 8 heteroatoms. The van der Waals surface area contributed by atoms with Crippen molar-refractivity contribution in [2.75, 3.05) is 6.61 Å². The molecule has 1 rings (SSSR count). The number of ether oxygens (including phenoxy) is 1. The molecule has 1 amide bonds. The van der Waals surface area contributed by atoms with Gasteiger partial charge >= 0.3 is 11.5 Å². The van der Waals surface area contributed by atoms with E-state index in [4.69, 9.17) is 4.74 Å². The maximum absolute atomic E-state index is 12.2. The van der Waals surface area contributed by atoms with Crippen molar-refractivity contribution in [2.24, 2.45) is 5.92 Å². The van der Waals surface area contributed by atoms with Gasteiger partial charge in [-0.1, -0.05) is 13.8 Å². The Labute approximate surface area is 136 Å². The third-order valence-corrected chi connectivity index (χ3v) is 3.79. The molecule has 0 aliphatic rings. The largest absolute Gasteiger partial charge is 0.452 e. The zero-order valence-electron chi connectivity index (χ0n) is 12.9. The van der Waals surface area contributed by atoms with Crippen molar-refractivity contribution < 1.29 is 27.5 Å². The molecule has 0 saturated carbocycles. The van der Waals surface area contributed by atoms with Gasteiger partial charge in [0.15, 0.2) is 6.61 Å². The molecule has 23 heavy (non-hydrogen) atoms. The molecule has 0 aliphatic carbocycles. The quantitative estimate of drug-likeness (QED) is 0.630. The van der Waals surface area contributed by atoms with Crippen LogP contribution in [0.2, 0.25) is 0 Å². The van der Waals surface area contributed by atoms with Gasteiger partial charge in [-0.05, 0) is 48.9 Å². The van der Waals surface area contributed by atoms with Crippen LogP contribution >= 0.6 is 11.8 Å². The Balaban J connectivity index is 2.50. The summed E-state index contributed by atoms with van der Waals surface area (Å²) >= 11 is -0.267. The first kappa shape index (κ1) is 19.3. The summed E-state index contributed by atoms with van der Waals surface area (Å²) in [5, 5.41) is 2.68. The second kappa shape index (κ2) is 8.24. The van der Waals surface area contributed by atoms with Gasteiger partial charge in [0.05, 0.1) is 5.56 Å². The summed E-state index contributed by atoms with van der Waals surface area (Å²) in [6.07, 6.45) is 0. The van der Waals surface area contributed by atoms with Gasteiger partial charge in [0, 0.05) is 10.9 Å². The fourth-order valence-corrected chi connectivity index (χ4v) is 2.01. The number of esters is 1. The number of rotatable bonds is 6. The van der Waals surface area contributed by atoms with Crippen LogP contribution in [0.3, 0.4) is 0 Å². The van der Waals surface area contributed by atoms with Gasteiger partial charge in [-0.15, -0.1) is 0 Å². The molecule has 0 radical (unpaired) electrons. The minimum Gasteiger partial charge on any atom is -0.452 e. The average Bonchev–Trinajstić information content (AvgIpc) is 2.43. The SMILES string of the molecule is CC(C)[C@H](C)NC(=O)COC(=O)c1ccc(SC(F)(F)F)cc1. The van der Waals surface area contributed by atoms with Crippen molar-refractivity contribution in [2.45, 2.75) is 37.2 Å². The number of carbonyl (C=O) groups is 2. The van der Waals surface area contributed by atoms with Crippen LogP contribution in [-0.4, -0.2) is 30.0 Å². The molecule has 1 atom stereocenters. The van der Waals surface area contributed by atoms with Crippen molar-refractivity contribution in [3.05, 3.63) is 29.8 Å². The summed E-state index contributed by atoms with van der Waals surface area (Å²) in [5.41, 5.74) is -4.30. The van der Waals surface area contributed by atoms with Crippen LogP contribution in [0, 0.1) is 5.92 Å². The minimum atomic E-state index is -4.38. The molecule has 128 valence electrons. The number of amides is 1. The number of benzene rings is 1. The van der Waals surface area contributed by atoms with Gasteiger partial charge in [-0.25, -0.2) is 4.79 Å². The van der Waals surface area contributed by atoms with E-state index in [-0.39, 0.29) is 34.2 Å². The van der Waals surface area contributed by atoms with Crippen LogP contribution in [0.5, 0.6) is 0 Å². The number of alkyl halides is 3. The van der Waals surface area contributed by atoms with Crippen LogP contribution in [0.15, 0.2) is 29.2 Å². The lowest BCUT2D eigenvalue weighted by Crippen LogP contribution is -2.38. The molecule has 1 aromatic rings. The molecule has 1 aromatic carbocycles. The molecule has 4 nitrogen and oxygen atoms in total. The maximum atomic E-state index is 12.2. The average molecular weight is 349 g/mol. The second-order valence-corrected chi connectivity index (χ2v) is 6.39. The predicted octanol–water partition coefficient (Wildman–Crippen LogP) is 3.62. The second-order valence-electron chi connectivity index (χ2n) is 5.25. The standard InChI is InChI=1S/C15H18F3NO3S/c1-9(2)10(3)19-13(20)8-22-14(21)11-4-6-12(7-5-11)23-15(16,17)18/h4-7,9-10H,8H2,1-3H3,(H,19,20)/t10-/m0/s1. The highest BCUT2D eigenvalue weighted by Crippen LogP contribution is 2.36. The van der Waals surface area contributed by atoms with E-state index >= 15 is 0 Å². The summed E-state index contributed by atoms with van der Waals surface area (Å²) in [6.45, 7) is 5.28. The summed E-state index contributed by atoms with van der Waals surface area (Å²) in [5.74, 6) is -0.946. The van der Waals surface area contributed by atoms with E-state index in [2.05, 4.69) is 5.32 Å². The predicted molar refractivity (Wildman–Crippen MR) is 81.1 cm³/mol. The van der Waals surface area contributed by atoms with Crippen molar-refractivity contribution in [3.63, 3.8) is 0 Å². The summed E-state index contributed by atoms with van der Waals surface area (Å²) in [7, 11) is 0. The molecule has 0 heterocycles. The third kappa shape index (κ3) is 7.40. The number of hydrogen-bond acceptors (Lipinski definition) is 4. The van der Waals surface area contributed by atoms with Gasteiger partial charge in [-0.3, -0.25) is 4.79 Å². The van der Waals surface area contributed by atoms with E-state index in [0.29, 0.717) is 0 Å². The molecule has 0 saturated heterocycles. The Bertz CT molecular complexity index is 544. The third-order valence-electron chi connectivity index (χ3n) is 3.05. The van der Waals surface area contributed by atoms with Gasteiger partial charge in [0.25, 0.3) is 5.91 Å². The maximum Gasteiger partial charge on any atom is 0.446 e. The Morgan fingerprint density at radius 1 is 1.17 bits per heavy atom. The van der Waals surface area contributed by atoms with Crippen LogP contribution < -0.4 is 5.32 Å². The monoisotopic (exact) mass is 349 g/mol. The molecule has 0 aromatic heterocycles. The normalized spacial score (nSPS) is 12.8. The Morgan fingerprint density at radius 3 is 2.22 bits per heavy atom. The lowest BCUT2D eigenvalue weighted by molar-refractivity contribution is -0.125. The molecular weight excluding hydrogens is 331 g/mol. The zero-order valence-corrected chi connectivity index (χ0v) is 13.8. The van der Waals surface area contributed by atoms with E-state index in [9.17, 15) is 22.8 Å². The lowest BCUT2D eigenvalue weighted by atomic mass is 10.1. The Morgan fingerprint density at radius 2 is 1.74 bits per heavy atom. The van der Waals surface area contributed by atoms with E-state index in [1.807, 2.05) is 20.8 Å². The van der Waals surface area contributed by atoms with Crippen LogP contribution in [0.1, 0.15) is 31.1 Å². The highest BCUT2D eigenvalue weighted by Gasteiger charge is 2.29. The van der Waals surface area contributed by atoms with Crippen molar-refractivity contribution in [1.29, 1.82) is 0 Å². The minimum absolute atomic E-state index is 0.0300. The van der Waals surface area contributed by atoms with Gasteiger partial charge in [-0.2, -0.15) is 13.2 Å². The van der Waals surface area contributed by atoms with Crippen LogP contribution in [-0.2, 0) is 9.53 Å². The van der Waals surface area contributed by atoms with Crippen LogP contribution in [0.4, 0.5) is 13.2 Å². The van der Waals surface area contributed by atoms with E-state index in [0.717, 1.165) is 0 Å². The van der Waals surface area contributed by atoms with Crippen molar-refractivity contribution >= 4 is 23.6 Å². The number of hydrogen-bond donors (Lipinski definition) is 1. The molecular formula is C15H18F3NO3S. The fraction of sp³-hybridized carbons (Fsp3) is 0.467. The van der Waals surface area contributed by atoms with Crippen molar-refractivity contribution in [3.8, 4) is 0 Å². The summed E-state index contributed by atoms with van der Waals surface area (Å²) in [6, 6.07) is 4.75. The number of halogens is 3. The molecule has 0 unspecified atom stereocenters. The first-order valence-corrected chi connectivity index (χ1v) is 7.72. The Hall–Kier alpha value is -1.70. The zero-order chi connectivity index (χ0) is 17.6. The lowest BCUT2D eigenvalue weighted by Gasteiger charge is -2.17.